The van der Waals surface area contributed by atoms with Gasteiger partial charge in [-0.2, -0.15) is 0 Å². The van der Waals surface area contributed by atoms with Crippen molar-refractivity contribution in [2.45, 2.75) is 50.6 Å². The summed E-state index contributed by atoms with van der Waals surface area (Å²) < 4.78 is 0. The van der Waals surface area contributed by atoms with Gasteiger partial charge in [0, 0.05) is 44.7 Å². The first kappa shape index (κ1) is 19.8. The standard InChI is InChI=1S/C21H32N4O2/c22-19(17-7-3-1-4-8-17)15-21(27)25-13-11-24(12-14-25)16-20(26)23-18-9-5-2-6-10-18/h1,3-4,7-8,18-19H,2,5-6,9-16,22H2,(H,23,26). The van der Waals surface area contributed by atoms with Crippen LogP contribution in [0, 0.1) is 0 Å². The Labute approximate surface area is 162 Å². The van der Waals surface area contributed by atoms with Crippen LogP contribution in [0.5, 0.6) is 0 Å². The molecule has 6 heteroatoms. The number of nitrogens with one attached hydrogen (secondary N) is 1. The summed E-state index contributed by atoms with van der Waals surface area (Å²) in [6, 6.07) is 9.84. The minimum Gasteiger partial charge on any atom is -0.352 e. The highest BCUT2D eigenvalue weighted by atomic mass is 16.2. The molecule has 1 aliphatic carbocycles. The molecule has 3 rings (SSSR count). The third kappa shape index (κ3) is 6.04. The monoisotopic (exact) mass is 372 g/mol. The first-order valence-corrected chi connectivity index (χ1v) is 10.2. The highest BCUT2D eigenvalue weighted by Crippen LogP contribution is 2.18. The van der Waals surface area contributed by atoms with Crippen molar-refractivity contribution in [2.75, 3.05) is 32.7 Å². The van der Waals surface area contributed by atoms with Crippen LogP contribution in [0.2, 0.25) is 0 Å². The van der Waals surface area contributed by atoms with Crippen molar-refractivity contribution in [3.63, 3.8) is 0 Å². The second kappa shape index (κ2) is 9.85. The summed E-state index contributed by atoms with van der Waals surface area (Å²) in [6.45, 7) is 3.24. The summed E-state index contributed by atoms with van der Waals surface area (Å²) in [6.07, 6.45) is 6.27. The van der Waals surface area contributed by atoms with Crippen molar-refractivity contribution >= 4 is 11.8 Å². The summed E-state index contributed by atoms with van der Waals surface area (Å²) in [5, 5.41) is 3.17. The highest BCUT2D eigenvalue weighted by molar-refractivity contribution is 5.79. The summed E-state index contributed by atoms with van der Waals surface area (Å²) >= 11 is 0. The number of hydrogen-bond acceptors (Lipinski definition) is 4. The van der Waals surface area contributed by atoms with Gasteiger partial charge in [0.05, 0.1) is 6.54 Å². The Morgan fingerprint density at radius 1 is 1.04 bits per heavy atom. The normalized spacial score (nSPS) is 20.3. The number of amides is 2. The summed E-state index contributed by atoms with van der Waals surface area (Å²) in [7, 11) is 0. The lowest BCUT2D eigenvalue weighted by Gasteiger charge is -2.35. The molecule has 1 saturated heterocycles. The first-order chi connectivity index (χ1) is 13.1. The van der Waals surface area contributed by atoms with E-state index < -0.39 is 0 Å². The van der Waals surface area contributed by atoms with Crippen LogP contribution in [0.25, 0.3) is 0 Å². The van der Waals surface area contributed by atoms with Crippen LogP contribution < -0.4 is 11.1 Å². The van der Waals surface area contributed by atoms with E-state index in [-0.39, 0.29) is 17.9 Å². The molecule has 1 aromatic rings. The lowest BCUT2D eigenvalue weighted by atomic mass is 9.95. The van der Waals surface area contributed by atoms with Crippen molar-refractivity contribution in [1.29, 1.82) is 0 Å². The predicted molar refractivity (Wildman–Crippen MR) is 106 cm³/mol. The molecular formula is C21H32N4O2. The van der Waals surface area contributed by atoms with E-state index in [0.717, 1.165) is 31.5 Å². The topological polar surface area (TPSA) is 78.7 Å². The van der Waals surface area contributed by atoms with Crippen LogP contribution >= 0.6 is 0 Å². The van der Waals surface area contributed by atoms with E-state index in [9.17, 15) is 9.59 Å². The zero-order valence-corrected chi connectivity index (χ0v) is 16.1. The summed E-state index contributed by atoms with van der Waals surface area (Å²) in [5.74, 6) is 0.213. The molecule has 1 unspecified atom stereocenters. The van der Waals surface area contributed by atoms with Crippen LogP contribution in [0.15, 0.2) is 30.3 Å². The minimum atomic E-state index is -0.266. The van der Waals surface area contributed by atoms with Crippen LogP contribution in [-0.2, 0) is 9.59 Å². The molecule has 6 nitrogen and oxygen atoms in total. The van der Waals surface area contributed by atoms with Gasteiger partial charge < -0.3 is 16.0 Å². The maximum Gasteiger partial charge on any atom is 0.234 e. The molecule has 2 fully saturated rings. The maximum absolute atomic E-state index is 12.5. The zero-order valence-electron chi connectivity index (χ0n) is 16.1. The van der Waals surface area contributed by atoms with Crippen molar-refractivity contribution in [3.8, 4) is 0 Å². The van der Waals surface area contributed by atoms with Crippen LogP contribution in [0.4, 0.5) is 0 Å². The predicted octanol–water partition coefficient (Wildman–Crippen LogP) is 1.67. The molecule has 1 aromatic carbocycles. The van der Waals surface area contributed by atoms with Gasteiger partial charge >= 0.3 is 0 Å². The molecule has 3 N–H and O–H groups in total. The Morgan fingerprint density at radius 3 is 2.37 bits per heavy atom. The molecule has 1 aliphatic heterocycles. The average Bonchev–Trinajstić information content (AvgIpc) is 2.70. The highest BCUT2D eigenvalue weighted by Gasteiger charge is 2.24. The molecule has 0 bridgehead atoms. The molecule has 27 heavy (non-hydrogen) atoms. The lowest BCUT2D eigenvalue weighted by molar-refractivity contribution is -0.133. The molecule has 0 radical (unpaired) electrons. The van der Waals surface area contributed by atoms with Crippen molar-refractivity contribution in [1.82, 2.24) is 15.1 Å². The Hall–Kier alpha value is -1.92. The van der Waals surface area contributed by atoms with Crippen LogP contribution in [0.1, 0.15) is 50.1 Å². The quantitative estimate of drug-likeness (QED) is 0.796. The molecule has 0 spiro atoms. The Morgan fingerprint density at radius 2 is 1.70 bits per heavy atom. The Balaban J connectivity index is 1.37. The second-order valence-electron chi connectivity index (χ2n) is 7.78. The molecule has 2 amide bonds. The van der Waals surface area contributed by atoms with E-state index in [1.807, 2.05) is 35.2 Å². The Bertz CT molecular complexity index is 608. The Kier molecular flexibility index (Phi) is 7.24. The van der Waals surface area contributed by atoms with Crippen molar-refractivity contribution in [3.05, 3.63) is 35.9 Å². The zero-order chi connectivity index (χ0) is 19.1. The van der Waals surface area contributed by atoms with Gasteiger partial charge in [-0.05, 0) is 18.4 Å². The molecule has 1 saturated carbocycles. The van der Waals surface area contributed by atoms with E-state index in [1.54, 1.807) is 0 Å². The number of rotatable bonds is 6. The van der Waals surface area contributed by atoms with Gasteiger partial charge in [0.2, 0.25) is 11.8 Å². The molecular weight excluding hydrogens is 340 g/mol. The molecule has 1 atom stereocenters. The van der Waals surface area contributed by atoms with Gasteiger partial charge in [-0.15, -0.1) is 0 Å². The fourth-order valence-corrected chi connectivity index (χ4v) is 4.01. The number of carbonyl (C=O) groups is 2. The van der Waals surface area contributed by atoms with Gasteiger partial charge in [0.15, 0.2) is 0 Å². The molecule has 0 aromatic heterocycles. The second-order valence-corrected chi connectivity index (χ2v) is 7.78. The van der Waals surface area contributed by atoms with E-state index in [0.29, 0.717) is 32.1 Å². The van der Waals surface area contributed by atoms with E-state index in [4.69, 9.17) is 5.73 Å². The lowest BCUT2D eigenvalue weighted by Crippen LogP contribution is -2.52. The van der Waals surface area contributed by atoms with Crippen LogP contribution in [-0.4, -0.2) is 60.4 Å². The largest absolute Gasteiger partial charge is 0.352 e. The van der Waals surface area contributed by atoms with Gasteiger partial charge in [0.1, 0.15) is 0 Å². The number of nitrogens with zero attached hydrogens (tertiary/aromatic N) is 2. The number of piperazine rings is 1. The fraction of sp³-hybridized carbons (Fsp3) is 0.619. The third-order valence-electron chi connectivity index (χ3n) is 5.68. The van der Waals surface area contributed by atoms with Gasteiger partial charge in [-0.1, -0.05) is 49.6 Å². The number of benzene rings is 1. The van der Waals surface area contributed by atoms with Gasteiger partial charge in [0.25, 0.3) is 0 Å². The van der Waals surface area contributed by atoms with Crippen LogP contribution in [0.3, 0.4) is 0 Å². The summed E-state index contributed by atoms with van der Waals surface area (Å²) in [4.78, 5) is 28.8. The SMILES string of the molecule is NC(CC(=O)N1CCN(CC(=O)NC2CCCCC2)CC1)c1ccccc1. The van der Waals surface area contributed by atoms with Crippen molar-refractivity contribution in [2.24, 2.45) is 5.73 Å². The summed E-state index contributed by atoms with van der Waals surface area (Å²) in [5.41, 5.74) is 7.16. The number of hydrogen-bond donors (Lipinski definition) is 2. The minimum absolute atomic E-state index is 0.0951. The smallest absolute Gasteiger partial charge is 0.234 e. The van der Waals surface area contributed by atoms with Crippen molar-refractivity contribution < 1.29 is 9.59 Å². The molecule has 148 valence electrons. The van der Waals surface area contributed by atoms with Gasteiger partial charge in [-0.25, -0.2) is 0 Å². The number of nitrogens with two attached hydrogens (primary N) is 1. The number of carbonyl (C=O) groups excluding carboxylic acids is 2. The van der Waals surface area contributed by atoms with E-state index in [1.165, 1.54) is 19.3 Å². The maximum atomic E-state index is 12.5. The fourth-order valence-electron chi connectivity index (χ4n) is 4.01. The van der Waals surface area contributed by atoms with Gasteiger partial charge in [-0.3, -0.25) is 14.5 Å². The van der Waals surface area contributed by atoms with E-state index >= 15 is 0 Å². The molecule has 1 heterocycles. The third-order valence-corrected chi connectivity index (χ3v) is 5.68. The molecule has 2 aliphatic rings. The first-order valence-electron chi connectivity index (χ1n) is 10.2. The van der Waals surface area contributed by atoms with E-state index in [2.05, 4.69) is 10.2 Å². The average molecular weight is 373 g/mol.